The van der Waals surface area contributed by atoms with Crippen molar-refractivity contribution in [3.8, 4) is 0 Å². The first kappa shape index (κ1) is 13.6. The number of rotatable bonds is 6. The van der Waals surface area contributed by atoms with E-state index in [1.807, 2.05) is 6.20 Å². The molecule has 1 aromatic rings. The van der Waals surface area contributed by atoms with Gasteiger partial charge < -0.3 is 15.6 Å². The van der Waals surface area contributed by atoms with Gasteiger partial charge in [-0.15, -0.1) is 0 Å². The van der Waals surface area contributed by atoms with E-state index in [1.165, 1.54) is 37.9 Å². The summed E-state index contributed by atoms with van der Waals surface area (Å²) in [5.74, 6) is 0.925. The van der Waals surface area contributed by atoms with Crippen molar-refractivity contribution in [1.82, 2.24) is 15.6 Å². The summed E-state index contributed by atoms with van der Waals surface area (Å²) < 4.78 is 0. The van der Waals surface area contributed by atoms with E-state index in [1.54, 1.807) is 0 Å². The predicted molar refractivity (Wildman–Crippen MR) is 76.9 cm³/mol. The monoisotopic (exact) mass is 249 g/mol. The van der Waals surface area contributed by atoms with Crippen LogP contribution < -0.4 is 10.6 Å². The summed E-state index contributed by atoms with van der Waals surface area (Å²) in [6.07, 6.45) is 8.14. The maximum atomic E-state index is 3.63. The van der Waals surface area contributed by atoms with Crippen molar-refractivity contribution in [3.05, 3.63) is 24.0 Å². The fraction of sp³-hybridized carbons (Fsp3) is 0.733. The lowest BCUT2D eigenvalue weighted by atomic mass is 9.86. The quantitative estimate of drug-likeness (QED) is 0.677. The standard InChI is InChI=1S/C15H27N3/c1-15(2,14-6-10-17-11-14)12-18-9-5-13-3-7-16-8-4-13/h6,10-11,13,16-18H,3-5,7-9,12H2,1-2H3. The topological polar surface area (TPSA) is 39.8 Å². The van der Waals surface area contributed by atoms with Crippen molar-refractivity contribution < 1.29 is 0 Å². The molecule has 0 atom stereocenters. The van der Waals surface area contributed by atoms with E-state index in [2.05, 4.69) is 41.7 Å². The molecule has 1 fully saturated rings. The molecule has 0 unspecified atom stereocenters. The molecule has 0 saturated carbocycles. The third-order valence-corrected chi connectivity index (χ3v) is 4.13. The van der Waals surface area contributed by atoms with E-state index in [-0.39, 0.29) is 5.41 Å². The molecule has 2 rings (SSSR count). The van der Waals surface area contributed by atoms with Gasteiger partial charge in [0, 0.05) is 24.4 Å². The van der Waals surface area contributed by atoms with Gasteiger partial charge in [-0.25, -0.2) is 0 Å². The zero-order valence-corrected chi connectivity index (χ0v) is 11.8. The number of hydrogen-bond donors (Lipinski definition) is 3. The molecule has 2 heterocycles. The summed E-state index contributed by atoms with van der Waals surface area (Å²) in [6.45, 7) is 9.22. The Bertz CT molecular complexity index is 324. The van der Waals surface area contributed by atoms with Crippen LogP contribution in [-0.2, 0) is 5.41 Å². The third-order valence-electron chi connectivity index (χ3n) is 4.13. The molecule has 1 aromatic heterocycles. The summed E-state index contributed by atoms with van der Waals surface area (Å²) in [4.78, 5) is 3.14. The fourth-order valence-electron chi connectivity index (χ4n) is 2.72. The van der Waals surface area contributed by atoms with Crippen LogP contribution in [0.25, 0.3) is 0 Å². The van der Waals surface area contributed by atoms with Crippen LogP contribution in [0.3, 0.4) is 0 Å². The summed E-state index contributed by atoms with van der Waals surface area (Å²) in [5, 5.41) is 7.05. The molecule has 102 valence electrons. The van der Waals surface area contributed by atoms with Crippen molar-refractivity contribution in [2.45, 2.75) is 38.5 Å². The van der Waals surface area contributed by atoms with Gasteiger partial charge in [-0.2, -0.15) is 0 Å². The lowest BCUT2D eigenvalue weighted by Crippen LogP contribution is -2.35. The molecular weight excluding hydrogens is 222 g/mol. The molecule has 0 spiro atoms. The highest BCUT2D eigenvalue weighted by atomic mass is 14.9. The van der Waals surface area contributed by atoms with Gasteiger partial charge in [0.1, 0.15) is 0 Å². The second-order valence-corrected chi connectivity index (χ2v) is 6.14. The van der Waals surface area contributed by atoms with E-state index in [0.29, 0.717) is 0 Å². The Morgan fingerprint density at radius 2 is 2.11 bits per heavy atom. The molecular formula is C15H27N3. The Hall–Kier alpha value is -0.800. The molecule has 0 radical (unpaired) electrons. The summed E-state index contributed by atoms with van der Waals surface area (Å²) in [6, 6.07) is 2.18. The molecule has 1 saturated heterocycles. The van der Waals surface area contributed by atoms with Crippen molar-refractivity contribution in [1.29, 1.82) is 0 Å². The average Bonchev–Trinajstić information content (AvgIpc) is 2.91. The summed E-state index contributed by atoms with van der Waals surface area (Å²) in [5.41, 5.74) is 1.60. The minimum Gasteiger partial charge on any atom is -0.367 e. The van der Waals surface area contributed by atoms with Crippen LogP contribution >= 0.6 is 0 Å². The van der Waals surface area contributed by atoms with Gasteiger partial charge in [-0.05, 0) is 56.4 Å². The van der Waals surface area contributed by atoms with E-state index in [9.17, 15) is 0 Å². The van der Waals surface area contributed by atoms with Crippen LogP contribution in [-0.4, -0.2) is 31.2 Å². The Labute approximate surface area is 111 Å². The van der Waals surface area contributed by atoms with Gasteiger partial charge >= 0.3 is 0 Å². The SMILES string of the molecule is CC(C)(CNCCC1CCNCC1)c1cc[nH]c1. The van der Waals surface area contributed by atoms with Gasteiger partial charge in [-0.1, -0.05) is 13.8 Å². The van der Waals surface area contributed by atoms with Crippen molar-refractivity contribution in [2.24, 2.45) is 5.92 Å². The summed E-state index contributed by atoms with van der Waals surface area (Å²) >= 11 is 0. The smallest absolute Gasteiger partial charge is 0.00437 e. The van der Waals surface area contributed by atoms with Crippen LogP contribution in [0.15, 0.2) is 18.5 Å². The minimum absolute atomic E-state index is 0.216. The molecule has 0 aromatic carbocycles. The molecule has 3 heteroatoms. The molecule has 0 amide bonds. The van der Waals surface area contributed by atoms with E-state index in [0.717, 1.165) is 19.0 Å². The summed E-state index contributed by atoms with van der Waals surface area (Å²) in [7, 11) is 0. The molecule has 1 aliphatic rings. The molecule has 18 heavy (non-hydrogen) atoms. The highest BCUT2D eigenvalue weighted by Crippen LogP contribution is 2.21. The first-order valence-corrected chi connectivity index (χ1v) is 7.23. The predicted octanol–water partition coefficient (Wildman–Crippen LogP) is 2.27. The normalized spacial score (nSPS) is 18.1. The van der Waals surface area contributed by atoms with Crippen LogP contribution in [0.4, 0.5) is 0 Å². The van der Waals surface area contributed by atoms with E-state index >= 15 is 0 Å². The molecule has 3 nitrogen and oxygen atoms in total. The Balaban J connectivity index is 1.65. The van der Waals surface area contributed by atoms with E-state index < -0.39 is 0 Å². The number of piperidine rings is 1. The highest BCUT2D eigenvalue weighted by Gasteiger charge is 2.20. The highest BCUT2D eigenvalue weighted by molar-refractivity contribution is 5.20. The maximum absolute atomic E-state index is 3.63. The maximum Gasteiger partial charge on any atom is 0.00437 e. The van der Waals surface area contributed by atoms with Crippen molar-refractivity contribution in [3.63, 3.8) is 0 Å². The second-order valence-electron chi connectivity index (χ2n) is 6.14. The van der Waals surface area contributed by atoms with Crippen molar-refractivity contribution >= 4 is 0 Å². The molecule has 1 aliphatic heterocycles. The van der Waals surface area contributed by atoms with Crippen molar-refractivity contribution in [2.75, 3.05) is 26.2 Å². The number of nitrogens with one attached hydrogen (secondary N) is 3. The van der Waals surface area contributed by atoms with E-state index in [4.69, 9.17) is 0 Å². The Morgan fingerprint density at radius 1 is 1.33 bits per heavy atom. The number of hydrogen-bond acceptors (Lipinski definition) is 2. The van der Waals surface area contributed by atoms with Crippen LogP contribution in [0.5, 0.6) is 0 Å². The third kappa shape index (κ3) is 3.85. The zero-order chi connectivity index (χ0) is 12.8. The van der Waals surface area contributed by atoms with Crippen LogP contribution in [0.2, 0.25) is 0 Å². The second kappa shape index (κ2) is 6.39. The Kier molecular flexibility index (Phi) is 4.84. The lowest BCUT2D eigenvalue weighted by molar-refractivity contribution is 0.342. The average molecular weight is 249 g/mol. The number of H-pyrrole nitrogens is 1. The lowest BCUT2D eigenvalue weighted by Gasteiger charge is -2.26. The number of aromatic amines is 1. The van der Waals surface area contributed by atoms with Gasteiger partial charge in [0.05, 0.1) is 0 Å². The van der Waals surface area contributed by atoms with Gasteiger partial charge in [0.15, 0.2) is 0 Å². The zero-order valence-electron chi connectivity index (χ0n) is 11.8. The number of aromatic nitrogens is 1. The first-order valence-electron chi connectivity index (χ1n) is 7.23. The van der Waals surface area contributed by atoms with Gasteiger partial charge in [0.25, 0.3) is 0 Å². The minimum atomic E-state index is 0.216. The molecule has 0 aliphatic carbocycles. The van der Waals surface area contributed by atoms with Gasteiger partial charge in [0.2, 0.25) is 0 Å². The van der Waals surface area contributed by atoms with Crippen LogP contribution in [0, 0.1) is 5.92 Å². The fourth-order valence-corrected chi connectivity index (χ4v) is 2.72. The Morgan fingerprint density at radius 3 is 2.78 bits per heavy atom. The van der Waals surface area contributed by atoms with Gasteiger partial charge in [-0.3, -0.25) is 0 Å². The van der Waals surface area contributed by atoms with Crippen LogP contribution in [0.1, 0.15) is 38.7 Å². The molecule has 3 N–H and O–H groups in total. The largest absolute Gasteiger partial charge is 0.367 e. The first-order chi connectivity index (χ1) is 8.68. The molecule has 0 bridgehead atoms.